The molecule has 9 nitrogen and oxygen atoms in total. The number of hydrogen-bond donors (Lipinski definition) is 4. The normalized spacial score (nSPS) is 14.7. The molecular formula is C28H36N6O3. The van der Waals surface area contributed by atoms with Gasteiger partial charge in [0, 0.05) is 36.9 Å². The Labute approximate surface area is 218 Å². The van der Waals surface area contributed by atoms with Crippen molar-refractivity contribution in [3.63, 3.8) is 0 Å². The number of carbonyl (C=O) groups is 3. The maximum Gasteiger partial charge on any atom is 0.319 e. The van der Waals surface area contributed by atoms with Crippen molar-refractivity contribution in [2.75, 3.05) is 25.0 Å². The van der Waals surface area contributed by atoms with Crippen LogP contribution in [-0.2, 0) is 11.3 Å². The lowest BCUT2D eigenvalue weighted by molar-refractivity contribution is -0.122. The molecule has 9 heteroatoms. The number of piperidine rings is 1. The van der Waals surface area contributed by atoms with E-state index in [9.17, 15) is 14.4 Å². The third-order valence-electron chi connectivity index (χ3n) is 6.36. The van der Waals surface area contributed by atoms with E-state index in [1.165, 1.54) is 5.56 Å². The molecule has 1 aliphatic rings. The molecule has 4 amide bonds. The molecule has 0 saturated carbocycles. The van der Waals surface area contributed by atoms with E-state index in [-0.39, 0.29) is 24.5 Å². The molecule has 0 bridgehead atoms. The van der Waals surface area contributed by atoms with Crippen LogP contribution < -0.4 is 21.3 Å². The highest BCUT2D eigenvalue weighted by molar-refractivity contribution is 5.99. The summed E-state index contributed by atoms with van der Waals surface area (Å²) in [6.45, 7) is 4.62. The second-order valence-electron chi connectivity index (χ2n) is 9.26. The van der Waals surface area contributed by atoms with Gasteiger partial charge < -0.3 is 21.3 Å². The fourth-order valence-electron chi connectivity index (χ4n) is 4.34. The number of unbranched alkanes of at least 4 members (excludes halogenated alkanes) is 1. The Hall–Kier alpha value is -3.90. The summed E-state index contributed by atoms with van der Waals surface area (Å²) in [7, 11) is 0. The number of nitrogens with zero attached hydrogens (tertiary/aromatic N) is 2. The van der Waals surface area contributed by atoms with Gasteiger partial charge in [0.05, 0.1) is 6.07 Å². The van der Waals surface area contributed by atoms with Crippen LogP contribution in [0.2, 0.25) is 0 Å². The molecule has 1 saturated heterocycles. The van der Waals surface area contributed by atoms with E-state index in [0.717, 1.165) is 45.3 Å². The van der Waals surface area contributed by atoms with Crippen LogP contribution in [0.25, 0.3) is 0 Å². The molecule has 1 atom stereocenters. The number of nitriles is 1. The van der Waals surface area contributed by atoms with Crippen LogP contribution in [0.1, 0.15) is 54.9 Å². The zero-order valence-electron chi connectivity index (χ0n) is 21.3. The van der Waals surface area contributed by atoms with Gasteiger partial charge in [0.2, 0.25) is 5.91 Å². The maximum absolute atomic E-state index is 12.8. The molecule has 0 spiro atoms. The zero-order chi connectivity index (χ0) is 26.5. The van der Waals surface area contributed by atoms with Gasteiger partial charge in [-0.3, -0.25) is 14.5 Å². The van der Waals surface area contributed by atoms with Crippen LogP contribution in [0.4, 0.5) is 10.5 Å². The van der Waals surface area contributed by atoms with Crippen LogP contribution in [0.3, 0.4) is 0 Å². The van der Waals surface area contributed by atoms with E-state index >= 15 is 0 Å². The predicted octanol–water partition coefficient (Wildman–Crippen LogP) is 3.40. The monoisotopic (exact) mass is 504 g/mol. The molecule has 196 valence electrons. The Morgan fingerprint density at radius 3 is 2.54 bits per heavy atom. The van der Waals surface area contributed by atoms with Crippen LogP contribution in [-0.4, -0.2) is 54.5 Å². The molecule has 0 aromatic heterocycles. The van der Waals surface area contributed by atoms with E-state index < -0.39 is 11.9 Å². The highest BCUT2D eigenvalue weighted by Crippen LogP contribution is 2.15. The summed E-state index contributed by atoms with van der Waals surface area (Å²) < 4.78 is 0. The number of rotatable bonds is 11. The summed E-state index contributed by atoms with van der Waals surface area (Å²) in [5.41, 5.74) is 2.11. The number of hydrogen-bond acceptors (Lipinski definition) is 5. The third-order valence-corrected chi connectivity index (χ3v) is 6.36. The zero-order valence-corrected chi connectivity index (χ0v) is 21.3. The van der Waals surface area contributed by atoms with Gasteiger partial charge in [-0.05, 0) is 43.0 Å². The highest BCUT2D eigenvalue weighted by atomic mass is 16.2. The van der Waals surface area contributed by atoms with Crippen molar-refractivity contribution in [3.05, 3.63) is 65.7 Å². The van der Waals surface area contributed by atoms with E-state index in [0.29, 0.717) is 17.7 Å². The molecule has 1 fully saturated rings. The lowest BCUT2D eigenvalue weighted by atomic mass is 10.0. The number of anilines is 1. The van der Waals surface area contributed by atoms with Crippen molar-refractivity contribution < 1.29 is 14.4 Å². The van der Waals surface area contributed by atoms with E-state index in [1.807, 2.05) is 31.2 Å². The van der Waals surface area contributed by atoms with Gasteiger partial charge in [0.1, 0.15) is 12.6 Å². The third kappa shape index (κ3) is 9.24. The average Bonchev–Trinajstić information content (AvgIpc) is 2.91. The fraction of sp³-hybridized carbons (Fsp3) is 0.429. The minimum Gasteiger partial charge on any atom is -0.341 e. The Balaban J connectivity index is 1.49. The topological polar surface area (TPSA) is 126 Å². The van der Waals surface area contributed by atoms with Gasteiger partial charge in [0.15, 0.2) is 0 Å². The lowest BCUT2D eigenvalue weighted by Crippen LogP contribution is -2.47. The molecule has 1 heterocycles. The van der Waals surface area contributed by atoms with Gasteiger partial charge >= 0.3 is 6.03 Å². The molecular weight excluding hydrogens is 468 g/mol. The second kappa shape index (κ2) is 14.6. The molecule has 0 aliphatic carbocycles. The Bertz CT molecular complexity index is 1080. The summed E-state index contributed by atoms with van der Waals surface area (Å²) in [5.74, 6) is -0.796. The van der Waals surface area contributed by atoms with Gasteiger partial charge in [-0.2, -0.15) is 5.26 Å². The first-order valence-electron chi connectivity index (χ1n) is 12.9. The van der Waals surface area contributed by atoms with Gasteiger partial charge in [-0.1, -0.05) is 56.2 Å². The summed E-state index contributed by atoms with van der Waals surface area (Å²) >= 11 is 0. The second-order valence-corrected chi connectivity index (χ2v) is 9.26. The molecule has 0 unspecified atom stereocenters. The van der Waals surface area contributed by atoms with Crippen LogP contribution in [0.5, 0.6) is 0 Å². The molecule has 2 aromatic carbocycles. The number of amides is 4. The first kappa shape index (κ1) is 27.7. The Morgan fingerprint density at radius 1 is 1.08 bits per heavy atom. The maximum atomic E-state index is 12.8. The van der Waals surface area contributed by atoms with Crippen LogP contribution in [0.15, 0.2) is 54.6 Å². The molecule has 3 rings (SSSR count). The first-order valence-corrected chi connectivity index (χ1v) is 12.9. The number of urea groups is 1. The van der Waals surface area contributed by atoms with Crippen molar-refractivity contribution >= 4 is 23.5 Å². The van der Waals surface area contributed by atoms with E-state index in [1.54, 1.807) is 24.3 Å². The van der Waals surface area contributed by atoms with Crippen LogP contribution >= 0.6 is 0 Å². The quantitative estimate of drug-likeness (QED) is 0.349. The van der Waals surface area contributed by atoms with Gasteiger partial charge in [-0.15, -0.1) is 0 Å². The smallest absolute Gasteiger partial charge is 0.319 e. The number of likely N-dealkylation sites (tertiary alicyclic amines) is 1. The van der Waals surface area contributed by atoms with Gasteiger partial charge in [0.25, 0.3) is 5.91 Å². The van der Waals surface area contributed by atoms with Crippen molar-refractivity contribution in [2.45, 2.75) is 57.7 Å². The largest absolute Gasteiger partial charge is 0.341 e. The minimum atomic E-state index is -0.728. The van der Waals surface area contributed by atoms with Crippen molar-refractivity contribution in [2.24, 2.45) is 0 Å². The summed E-state index contributed by atoms with van der Waals surface area (Å²) in [5, 5.41) is 19.8. The highest BCUT2D eigenvalue weighted by Gasteiger charge is 2.22. The number of nitrogens with one attached hydrogen (secondary N) is 4. The number of benzene rings is 2. The minimum absolute atomic E-state index is 0.0877. The van der Waals surface area contributed by atoms with Crippen LogP contribution in [0, 0.1) is 11.3 Å². The van der Waals surface area contributed by atoms with Crippen molar-refractivity contribution in [1.29, 1.82) is 5.26 Å². The first-order chi connectivity index (χ1) is 18.0. The molecule has 1 aliphatic heterocycles. The van der Waals surface area contributed by atoms with E-state index in [2.05, 4.69) is 38.3 Å². The van der Waals surface area contributed by atoms with Gasteiger partial charge in [-0.25, -0.2) is 4.79 Å². The average molecular weight is 505 g/mol. The van der Waals surface area contributed by atoms with E-state index in [4.69, 9.17) is 5.26 Å². The molecule has 2 aromatic rings. The lowest BCUT2D eigenvalue weighted by Gasteiger charge is -2.32. The van der Waals surface area contributed by atoms with Crippen molar-refractivity contribution in [1.82, 2.24) is 20.9 Å². The summed E-state index contributed by atoms with van der Waals surface area (Å²) in [6, 6.07) is 17.9. The molecule has 4 N–H and O–H groups in total. The number of carbonyl (C=O) groups excluding carboxylic acids is 3. The summed E-state index contributed by atoms with van der Waals surface area (Å²) in [4.78, 5) is 40.2. The Morgan fingerprint density at radius 2 is 1.84 bits per heavy atom. The van der Waals surface area contributed by atoms with Crippen molar-refractivity contribution in [3.8, 4) is 6.07 Å². The molecule has 37 heavy (non-hydrogen) atoms. The SMILES string of the molecule is CCCC[C@H](NC(=O)c1cccc(NC(=O)NC2CCN(Cc3ccccc3)CC2)c1)C(=O)NCC#N. The standard InChI is InChI=1S/C28H36N6O3/c1-2-3-12-25(27(36)30-16-15-29)33-26(35)22-10-7-11-24(19-22)32-28(37)31-23-13-17-34(18-14-23)20-21-8-5-4-6-9-21/h4-11,19,23,25H,2-3,12-14,16-18,20H2,1H3,(H,30,36)(H,33,35)(H2,31,32,37)/t25-/m0/s1. The predicted molar refractivity (Wildman–Crippen MR) is 143 cm³/mol. The molecule has 0 radical (unpaired) electrons. The summed E-state index contributed by atoms with van der Waals surface area (Å²) in [6.07, 6.45) is 3.85. The fourth-order valence-corrected chi connectivity index (χ4v) is 4.34. The Kier molecular flexibility index (Phi) is 10.9.